The topological polar surface area (TPSA) is 71.0 Å². The predicted molar refractivity (Wildman–Crippen MR) is 79.7 cm³/mol. The van der Waals surface area contributed by atoms with Gasteiger partial charge < -0.3 is 10.2 Å². The molecule has 1 amide bonds. The van der Waals surface area contributed by atoms with Crippen LogP contribution in [0.3, 0.4) is 0 Å². The number of aromatic nitrogens is 3. The zero-order valence-electron chi connectivity index (χ0n) is 12.1. The van der Waals surface area contributed by atoms with Crippen LogP contribution in [0.15, 0.2) is 30.6 Å². The van der Waals surface area contributed by atoms with E-state index in [9.17, 15) is 4.79 Å². The van der Waals surface area contributed by atoms with Crippen LogP contribution in [0.5, 0.6) is 0 Å². The third-order valence-electron chi connectivity index (χ3n) is 3.54. The zero-order chi connectivity index (χ0) is 14.8. The first-order chi connectivity index (χ1) is 10.1. The van der Waals surface area contributed by atoms with Crippen LogP contribution in [0.4, 0.5) is 5.82 Å². The first kappa shape index (κ1) is 13.5. The molecular weight excluding hydrogens is 266 g/mol. The van der Waals surface area contributed by atoms with Crippen LogP contribution in [0.2, 0.25) is 0 Å². The van der Waals surface area contributed by atoms with Crippen molar-refractivity contribution >= 4 is 11.7 Å². The number of hydrogen-bond acceptors (Lipinski definition) is 5. The molecule has 0 spiro atoms. The summed E-state index contributed by atoms with van der Waals surface area (Å²) < 4.78 is 0. The monoisotopic (exact) mass is 283 g/mol. The number of pyridine rings is 1. The molecule has 6 nitrogen and oxygen atoms in total. The first-order valence-corrected chi connectivity index (χ1v) is 6.91. The SMILES string of the molecule is Cc1cc(NC2CCN(C)C2=O)nc(-c2ccncc2)n1. The Morgan fingerprint density at radius 1 is 1.29 bits per heavy atom. The van der Waals surface area contributed by atoms with Crippen molar-refractivity contribution in [2.24, 2.45) is 0 Å². The lowest BCUT2D eigenvalue weighted by molar-refractivity contribution is -0.127. The summed E-state index contributed by atoms with van der Waals surface area (Å²) >= 11 is 0. The lowest BCUT2D eigenvalue weighted by Crippen LogP contribution is -2.31. The quantitative estimate of drug-likeness (QED) is 0.924. The van der Waals surface area contributed by atoms with Gasteiger partial charge in [-0.2, -0.15) is 0 Å². The Morgan fingerprint density at radius 2 is 2.05 bits per heavy atom. The van der Waals surface area contributed by atoms with Crippen LogP contribution < -0.4 is 5.32 Å². The van der Waals surface area contributed by atoms with Crippen molar-refractivity contribution in [2.45, 2.75) is 19.4 Å². The average Bonchev–Trinajstić information content (AvgIpc) is 2.80. The van der Waals surface area contributed by atoms with Gasteiger partial charge in [-0.3, -0.25) is 9.78 Å². The predicted octanol–water partition coefficient (Wildman–Crippen LogP) is 1.49. The molecule has 1 fully saturated rings. The number of rotatable bonds is 3. The van der Waals surface area contributed by atoms with Crippen molar-refractivity contribution in [3.63, 3.8) is 0 Å². The number of hydrogen-bond donors (Lipinski definition) is 1. The molecule has 2 aromatic rings. The minimum absolute atomic E-state index is 0.108. The number of nitrogens with zero attached hydrogens (tertiary/aromatic N) is 4. The van der Waals surface area contributed by atoms with Gasteiger partial charge >= 0.3 is 0 Å². The van der Waals surface area contributed by atoms with Gasteiger partial charge in [-0.25, -0.2) is 9.97 Å². The van der Waals surface area contributed by atoms with E-state index in [0.29, 0.717) is 11.6 Å². The minimum atomic E-state index is -0.199. The molecule has 1 atom stereocenters. The van der Waals surface area contributed by atoms with Gasteiger partial charge in [0.1, 0.15) is 11.9 Å². The molecule has 0 bridgehead atoms. The summed E-state index contributed by atoms with van der Waals surface area (Å²) in [7, 11) is 1.82. The van der Waals surface area contributed by atoms with Crippen LogP contribution in [-0.2, 0) is 4.79 Å². The third kappa shape index (κ3) is 2.84. The molecule has 1 unspecified atom stereocenters. The molecule has 0 saturated carbocycles. The van der Waals surface area contributed by atoms with Crippen LogP contribution in [0.1, 0.15) is 12.1 Å². The molecule has 0 radical (unpaired) electrons. The maximum absolute atomic E-state index is 12.0. The number of carbonyl (C=O) groups is 1. The van der Waals surface area contributed by atoms with Crippen molar-refractivity contribution in [1.29, 1.82) is 0 Å². The molecule has 1 saturated heterocycles. The molecule has 3 heterocycles. The molecule has 0 aromatic carbocycles. The number of anilines is 1. The largest absolute Gasteiger partial charge is 0.358 e. The molecule has 2 aromatic heterocycles. The summed E-state index contributed by atoms with van der Waals surface area (Å²) in [5, 5.41) is 3.21. The minimum Gasteiger partial charge on any atom is -0.358 e. The second kappa shape index (κ2) is 5.47. The van der Waals surface area contributed by atoms with Crippen molar-refractivity contribution < 1.29 is 4.79 Å². The molecule has 6 heteroatoms. The number of amides is 1. The lowest BCUT2D eigenvalue weighted by Gasteiger charge is -2.14. The van der Waals surface area contributed by atoms with Crippen molar-refractivity contribution in [3.05, 3.63) is 36.3 Å². The highest BCUT2D eigenvalue weighted by Gasteiger charge is 2.29. The zero-order valence-corrected chi connectivity index (χ0v) is 12.1. The highest BCUT2D eigenvalue weighted by atomic mass is 16.2. The molecule has 21 heavy (non-hydrogen) atoms. The van der Waals surface area contributed by atoms with E-state index >= 15 is 0 Å². The average molecular weight is 283 g/mol. The summed E-state index contributed by atoms with van der Waals surface area (Å²) in [6.07, 6.45) is 4.22. The van der Waals surface area contributed by atoms with E-state index < -0.39 is 0 Å². The van der Waals surface area contributed by atoms with Gasteiger partial charge in [0.05, 0.1) is 0 Å². The summed E-state index contributed by atoms with van der Waals surface area (Å²) in [4.78, 5) is 26.6. The Hall–Kier alpha value is -2.50. The maximum atomic E-state index is 12.0. The molecule has 108 valence electrons. The first-order valence-electron chi connectivity index (χ1n) is 6.91. The summed E-state index contributed by atoms with van der Waals surface area (Å²) in [5.41, 5.74) is 1.77. The summed E-state index contributed by atoms with van der Waals surface area (Å²) in [6, 6.07) is 5.39. The second-order valence-electron chi connectivity index (χ2n) is 5.20. The van der Waals surface area contributed by atoms with Crippen LogP contribution in [-0.4, -0.2) is 45.4 Å². The van der Waals surface area contributed by atoms with Gasteiger partial charge in [-0.1, -0.05) is 0 Å². The van der Waals surface area contributed by atoms with Crippen LogP contribution in [0.25, 0.3) is 11.4 Å². The fourth-order valence-electron chi connectivity index (χ4n) is 2.41. The van der Waals surface area contributed by atoms with Crippen LogP contribution in [0, 0.1) is 6.92 Å². The maximum Gasteiger partial charge on any atom is 0.244 e. The van der Waals surface area contributed by atoms with E-state index in [-0.39, 0.29) is 11.9 Å². The number of nitrogens with one attached hydrogen (secondary N) is 1. The number of carbonyl (C=O) groups excluding carboxylic acids is 1. The third-order valence-corrected chi connectivity index (χ3v) is 3.54. The number of likely N-dealkylation sites (N-methyl/N-ethyl adjacent to an activating group) is 1. The van der Waals surface area contributed by atoms with E-state index in [1.165, 1.54) is 0 Å². The summed E-state index contributed by atoms with van der Waals surface area (Å²) in [5.74, 6) is 1.43. The molecule has 1 N–H and O–H groups in total. The smallest absolute Gasteiger partial charge is 0.244 e. The normalized spacial score (nSPS) is 18.1. The molecular formula is C15H17N5O. The van der Waals surface area contributed by atoms with Gasteiger partial charge in [0.15, 0.2) is 5.82 Å². The number of aryl methyl sites for hydroxylation is 1. The van der Waals surface area contributed by atoms with Gasteiger partial charge in [0, 0.05) is 43.3 Å². The lowest BCUT2D eigenvalue weighted by atomic mass is 10.2. The molecule has 1 aliphatic heterocycles. The highest BCUT2D eigenvalue weighted by Crippen LogP contribution is 2.19. The molecule has 3 rings (SSSR count). The van der Waals surface area contributed by atoms with E-state index in [2.05, 4.69) is 20.3 Å². The Kier molecular flexibility index (Phi) is 3.51. The van der Waals surface area contributed by atoms with E-state index in [4.69, 9.17) is 0 Å². The Morgan fingerprint density at radius 3 is 2.71 bits per heavy atom. The Balaban J connectivity index is 1.87. The van der Waals surface area contributed by atoms with E-state index in [0.717, 1.165) is 24.2 Å². The Bertz CT molecular complexity index is 658. The molecule has 0 aliphatic carbocycles. The van der Waals surface area contributed by atoms with Crippen molar-refractivity contribution in [2.75, 3.05) is 18.9 Å². The van der Waals surface area contributed by atoms with Gasteiger partial charge in [0.25, 0.3) is 0 Å². The standard InChI is InChI=1S/C15H17N5O/c1-10-9-13(18-12-5-8-20(2)15(12)21)19-14(17-10)11-3-6-16-7-4-11/h3-4,6-7,9,12H,5,8H2,1-2H3,(H,17,18,19). The van der Waals surface area contributed by atoms with Gasteiger partial charge in [0.2, 0.25) is 5.91 Å². The van der Waals surface area contributed by atoms with Crippen molar-refractivity contribution in [3.8, 4) is 11.4 Å². The number of likely N-dealkylation sites (tertiary alicyclic amines) is 1. The Labute approximate surface area is 123 Å². The summed E-state index contributed by atoms with van der Waals surface area (Å²) in [6.45, 7) is 2.69. The van der Waals surface area contributed by atoms with Gasteiger partial charge in [-0.15, -0.1) is 0 Å². The fourth-order valence-corrected chi connectivity index (χ4v) is 2.41. The highest BCUT2D eigenvalue weighted by molar-refractivity contribution is 5.86. The second-order valence-corrected chi connectivity index (χ2v) is 5.20. The van der Waals surface area contributed by atoms with Crippen molar-refractivity contribution in [1.82, 2.24) is 19.9 Å². The van der Waals surface area contributed by atoms with E-state index in [1.807, 2.05) is 32.2 Å². The molecule has 1 aliphatic rings. The van der Waals surface area contributed by atoms with Gasteiger partial charge in [-0.05, 0) is 25.5 Å². The fraction of sp³-hybridized carbons (Fsp3) is 0.333. The van der Waals surface area contributed by atoms with E-state index in [1.54, 1.807) is 17.3 Å². The van der Waals surface area contributed by atoms with Crippen LogP contribution >= 0.6 is 0 Å².